The average Bonchev–Trinajstić information content (AvgIpc) is 2.98. The zero-order valence-corrected chi connectivity index (χ0v) is 12.9. The van der Waals surface area contributed by atoms with E-state index in [4.69, 9.17) is 14.0 Å². The van der Waals surface area contributed by atoms with Gasteiger partial charge in [0.15, 0.2) is 11.5 Å². The van der Waals surface area contributed by atoms with Crippen molar-refractivity contribution in [2.45, 2.75) is 19.9 Å². The van der Waals surface area contributed by atoms with Gasteiger partial charge >= 0.3 is 0 Å². The van der Waals surface area contributed by atoms with Gasteiger partial charge in [0.1, 0.15) is 0 Å². The number of hydrogen-bond donors (Lipinski definition) is 0. The molecule has 6 nitrogen and oxygen atoms in total. The van der Waals surface area contributed by atoms with Gasteiger partial charge in [-0.2, -0.15) is 0 Å². The lowest BCUT2D eigenvalue weighted by atomic mass is 9.98. The predicted octanol–water partition coefficient (Wildman–Crippen LogP) is 2.20. The van der Waals surface area contributed by atoms with E-state index in [-0.39, 0.29) is 5.91 Å². The molecule has 0 spiro atoms. The zero-order valence-electron chi connectivity index (χ0n) is 12.9. The Morgan fingerprint density at radius 3 is 2.50 bits per heavy atom. The van der Waals surface area contributed by atoms with Crippen molar-refractivity contribution >= 4 is 5.91 Å². The molecule has 116 valence electrons. The molecule has 0 saturated heterocycles. The van der Waals surface area contributed by atoms with Crippen LogP contribution in [0.5, 0.6) is 11.5 Å². The van der Waals surface area contributed by atoms with Crippen molar-refractivity contribution in [2.75, 3.05) is 20.8 Å². The molecule has 1 aliphatic rings. The van der Waals surface area contributed by atoms with E-state index in [0.29, 0.717) is 30.3 Å². The Morgan fingerprint density at radius 2 is 1.91 bits per heavy atom. The molecule has 2 heterocycles. The van der Waals surface area contributed by atoms with Gasteiger partial charge in [0.2, 0.25) is 5.76 Å². The third-order valence-corrected chi connectivity index (χ3v) is 3.95. The number of ether oxygens (including phenoxy) is 2. The molecule has 0 bridgehead atoms. The number of nitrogens with zero attached hydrogens (tertiary/aromatic N) is 2. The van der Waals surface area contributed by atoms with Crippen LogP contribution >= 0.6 is 0 Å². The predicted molar refractivity (Wildman–Crippen MR) is 79.2 cm³/mol. The maximum atomic E-state index is 12.5. The second-order valence-corrected chi connectivity index (χ2v) is 5.29. The standard InChI is InChI=1S/C16H18N2O4/c1-10-8-17-22-15(10)16(19)18-5-4-11-6-13(20-2)14(21-3)7-12(11)9-18/h6-8H,4-5,9H2,1-3H3. The van der Waals surface area contributed by atoms with Crippen molar-refractivity contribution in [3.8, 4) is 11.5 Å². The number of hydrogen-bond acceptors (Lipinski definition) is 5. The molecule has 2 aromatic rings. The summed E-state index contributed by atoms with van der Waals surface area (Å²) in [5, 5.41) is 3.67. The molecule has 0 unspecified atom stereocenters. The van der Waals surface area contributed by atoms with Gasteiger partial charge in [-0.1, -0.05) is 5.16 Å². The van der Waals surface area contributed by atoms with Gasteiger partial charge in [0, 0.05) is 18.7 Å². The number of methoxy groups -OCH3 is 2. The largest absolute Gasteiger partial charge is 0.493 e. The van der Waals surface area contributed by atoms with Crippen LogP contribution < -0.4 is 9.47 Å². The van der Waals surface area contributed by atoms with Crippen molar-refractivity contribution in [1.82, 2.24) is 10.1 Å². The smallest absolute Gasteiger partial charge is 0.293 e. The summed E-state index contributed by atoms with van der Waals surface area (Å²) < 4.78 is 15.7. The van der Waals surface area contributed by atoms with Gasteiger partial charge in [0.25, 0.3) is 5.91 Å². The fourth-order valence-corrected chi connectivity index (χ4v) is 2.70. The number of benzene rings is 1. The summed E-state index contributed by atoms with van der Waals surface area (Å²) >= 11 is 0. The normalized spacial score (nSPS) is 13.7. The van der Waals surface area contributed by atoms with Gasteiger partial charge in [0.05, 0.1) is 20.4 Å². The maximum absolute atomic E-state index is 12.5. The van der Waals surface area contributed by atoms with Crippen molar-refractivity contribution in [2.24, 2.45) is 0 Å². The Labute approximate surface area is 128 Å². The second-order valence-electron chi connectivity index (χ2n) is 5.29. The van der Waals surface area contributed by atoms with E-state index in [2.05, 4.69) is 5.16 Å². The molecule has 0 fully saturated rings. The zero-order chi connectivity index (χ0) is 15.7. The molecule has 0 atom stereocenters. The summed E-state index contributed by atoms with van der Waals surface area (Å²) in [6.45, 7) is 2.98. The maximum Gasteiger partial charge on any atom is 0.293 e. The van der Waals surface area contributed by atoms with Crippen molar-refractivity contribution in [3.63, 3.8) is 0 Å². The number of aromatic nitrogens is 1. The molecule has 0 aliphatic carbocycles. The number of carbonyl (C=O) groups excluding carboxylic acids is 1. The summed E-state index contributed by atoms with van der Waals surface area (Å²) in [7, 11) is 3.23. The van der Waals surface area contributed by atoms with Crippen LogP contribution in [0, 0.1) is 6.92 Å². The van der Waals surface area contributed by atoms with Crippen LogP contribution in [-0.4, -0.2) is 36.7 Å². The fraction of sp³-hybridized carbons (Fsp3) is 0.375. The van der Waals surface area contributed by atoms with Gasteiger partial charge in [-0.3, -0.25) is 4.79 Å². The van der Waals surface area contributed by atoms with Crippen molar-refractivity contribution < 1.29 is 18.8 Å². The molecular weight excluding hydrogens is 284 g/mol. The molecule has 1 aromatic heterocycles. The summed E-state index contributed by atoms with van der Waals surface area (Å²) in [5.41, 5.74) is 2.99. The van der Waals surface area contributed by atoms with E-state index >= 15 is 0 Å². The number of fused-ring (bicyclic) bond motifs is 1. The SMILES string of the molecule is COc1cc2c(cc1OC)CN(C(=O)c1oncc1C)CC2. The molecule has 1 amide bonds. The van der Waals surface area contributed by atoms with E-state index in [1.165, 1.54) is 5.56 Å². The molecule has 0 N–H and O–H groups in total. The summed E-state index contributed by atoms with van der Waals surface area (Å²) in [6.07, 6.45) is 2.33. The van der Waals surface area contributed by atoms with Crippen LogP contribution in [0.4, 0.5) is 0 Å². The average molecular weight is 302 g/mol. The Kier molecular flexibility index (Phi) is 3.75. The highest BCUT2D eigenvalue weighted by Gasteiger charge is 2.26. The molecule has 1 aromatic carbocycles. The number of rotatable bonds is 3. The highest BCUT2D eigenvalue weighted by Crippen LogP contribution is 2.33. The van der Waals surface area contributed by atoms with Crippen LogP contribution in [0.15, 0.2) is 22.9 Å². The Morgan fingerprint density at radius 1 is 1.23 bits per heavy atom. The van der Waals surface area contributed by atoms with E-state index in [9.17, 15) is 4.79 Å². The molecule has 0 saturated carbocycles. The van der Waals surface area contributed by atoms with Gasteiger partial charge in [-0.05, 0) is 36.6 Å². The minimum absolute atomic E-state index is 0.129. The van der Waals surface area contributed by atoms with Gasteiger partial charge < -0.3 is 18.9 Å². The minimum atomic E-state index is -0.129. The van der Waals surface area contributed by atoms with Crippen molar-refractivity contribution in [1.29, 1.82) is 0 Å². The first kappa shape index (κ1) is 14.4. The van der Waals surface area contributed by atoms with E-state index < -0.39 is 0 Å². The molecule has 1 aliphatic heterocycles. The lowest BCUT2D eigenvalue weighted by Crippen LogP contribution is -2.36. The number of amides is 1. The topological polar surface area (TPSA) is 64.8 Å². The highest BCUT2D eigenvalue weighted by molar-refractivity contribution is 5.92. The summed E-state index contributed by atoms with van der Waals surface area (Å²) in [6, 6.07) is 3.91. The van der Waals surface area contributed by atoms with E-state index in [1.54, 1.807) is 25.3 Å². The number of aryl methyl sites for hydroxylation is 1. The summed E-state index contributed by atoms with van der Waals surface area (Å²) in [4.78, 5) is 14.3. The minimum Gasteiger partial charge on any atom is -0.493 e. The Hall–Kier alpha value is -2.50. The lowest BCUT2D eigenvalue weighted by molar-refractivity contribution is 0.0691. The number of carbonyl (C=O) groups is 1. The van der Waals surface area contributed by atoms with Gasteiger partial charge in [-0.15, -0.1) is 0 Å². The third kappa shape index (κ3) is 2.41. The molecule has 22 heavy (non-hydrogen) atoms. The molecule has 6 heteroatoms. The second kappa shape index (κ2) is 5.71. The molecule has 0 radical (unpaired) electrons. The van der Waals surface area contributed by atoms with Crippen LogP contribution in [0.3, 0.4) is 0 Å². The third-order valence-electron chi connectivity index (χ3n) is 3.95. The Balaban J connectivity index is 1.87. The van der Waals surface area contributed by atoms with Crippen LogP contribution in [0.2, 0.25) is 0 Å². The van der Waals surface area contributed by atoms with Crippen LogP contribution in [0.25, 0.3) is 0 Å². The Bertz CT molecular complexity index is 708. The van der Waals surface area contributed by atoms with Crippen molar-refractivity contribution in [3.05, 3.63) is 40.8 Å². The fourth-order valence-electron chi connectivity index (χ4n) is 2.70. The highest BCUT2D eigenvalue weighted by atomic mass is 16.5. The monoisotopic (exact) mass is 302 g/mol. The van der Waals surface area contributed by atoms with Crippen LogP contribution in [-0.2, 0) is 13.0 Å². The first-order valence-electron chi connectivity index (χ1n) is 7.08. The van der Waals surface area contributed by atoms with E-state index in [0.717, 1.165) is 17.5 Å². The molecule has 3 rings (SSSR count). The quantitative estimate of drug-likeness (QED) is 0.869. The van der Waals surface area contributed by atoms with Crippen LogP contribution in [0.1, 0.15) is 27.2 Å². The molecular formula is C16H18N2O4. The lowest BCUT2D eigenvalue weighted by Gasteiger charge is -2.29. The van der Waals surface area contributed by atoms with Gasteiger partial charge in [-0.25, -0.2) is 0 Å². The first-order chi connectivity index (χ1) is 10.6. The first-order valence-corrected chi connectivity index (χ1v) is 7.08. The van der Waals surface area contributed by atoms with E-state index in [1.807, 2.05) is 19.1 Å². The summed E-state index contributed by atoms with van der Waals surface area (Å²) in [5.74, 6) is 1.57.